The van der Waals surface area contributed by atoms with Crippen LogP contribution in [0.15, 0.2) is 99.4 Å². The molecule has 4 rings (SSSR count). The third-order valence-corrected chi connectivity index (χ3v) is 8.15. The van der Waals surface area contributed by atoms with Crippen molar-refractivity contribution in [3.05, 3.63) is 112 Å². The van der Waals surface area contributed by atoms with Gasteiger partial charge in [0.2, 0.25) is 0 Å². The summed E-state index contributed by atoms with van der Waals surface area (Å²) in [6.45, 7) is 5.46. The Labute approximate surface area is 225 Å². The molecule has 0 aliphatic heterocycles. The predicted molar refractivity (Wildman–Crippen MR) is 151 cm³/mol. The van der Waals surface area contributed by atoms with Gasteiger partial charge < -0.3 is 4.57 Å². The molecule has 1 N–H and O–H groups in total. The number of hydrogen-bond donors (Lipinski definition) is 1. The molecule has 0 bridgehead atoms. The summed E-state index contributed by atoms with van der Waals surface area (Å²) in [5, 5.41) is 4.12. The van der Waals surface area contributed by atoms with Crippen molar-refractivity contribution in [2.45, 2.75) is 25.7 Å². The van der Waals surface area contributed by atoms with Crippen molar-refractivity contribution in [1.29, 1.82) is 0 Å². The van der Waals surface area contributed by atoms with E-state index in [0.29, 0.717) is 5.69 Å². The number of halogens is 1. The molecule has 0 fully saturated rings. The average molecular weight is 580 g/mol. The van der Waals surface area contributed by atoms with Crippen molar-refractivity contribution in [2.24, 2.45) is 5.10 Å². The summed E-state index contributed by atoms with van der Waals surface area (Å²) >= 11 is 3.51. The van der Waals surface area contributed by atoms with Gasteiger partial charge in [0.05, 0.1) is 16.8 Å². The molecule has 0 saturated carbocycles. The van der Waals surface area contributed by atoms with Gasteiger partial charge in [-0.3, -0.25) is 9.10 Å². The van der Waals surface area contributed by atoms with Crippen molar-refractivity contribution in [1.82, 2.24) is 9.99 Å². The lowest BCUT2D eigenvalue weighted by molar-refractivity contribution is -0.119. The summed E-state index contributed by atoms with van der Waals surface area (Å²) < 4.78 is 30.9. The lowest BCUT2D eigenvalue weighted by atomic mass is 10.2. The molecule has 0 spiro atoms. The number of nitrogens with zero attached hydrogens (tertiary/aromatic N) is 3. The number of hydrogen-bond acceptors (Lipinski definition) is 4. The Morgan fingerprint density at radius 2 is 1.68 bits per heavy atom. The summed E-state index contributed by atoms with van der Waals surface area (Å²) in [6, 6.07) is 25.0. The Morgan fingerprint density at radius 1 is 0.973 bits per heavy atom. The highest BCUT2D eigenvalue weighted by Gasteiger charge is 2.27. The van der Waals surface area contributed by atoms with E-state index in [1.54, 1.807) is 48.7 Å². The molecule has 0 atom stereocenters. The molecule has 1 heterocycles. The van der Waals surface area contributed by atoms with Gasteiger partial charge in [-0.2, -0.15) is 5.10 Å². The lowest BCUT2D eigenvalue weighted by Gasteiger charge is -2.23. The van der Waals surface area contributed by atoms with Crippen LogP contribution in [0.25, 0.3) is 5.69 Å². The predicted octanol–water partition coefficient (Wildman–Crippen LogP) is 5.51. The normalized spacial score (nSPS) is 11.6. The van der Waals surface area contributed by atoms with E-state index in [-0.39, 0.29) is 4.90 Å². The monoisotopic (exact) mass is 578 g/mol. The largest absolute Gasteiger partial charge is 0.318 e. The highest BCUT2D eigenvalue weighted by molar-refractivity contribution is 9.10. The van der Waals surface area contributed by atoms with E-state index in [0.717, 1.165) is 37.0 Å². The number of aromatic nitrogens is 1. The molecule has 1 aromatic heterocycles. The van der Waals surface area contributed by atoms with Gasteiger partial charge in [-0.1, -0.05) is 57.9 Å². The standard InChI is InChI=1S/C28H27BrN4O3S/c1-20-12-14-25(15-13-20)32(37(35,36)27-10-5-4-6-11-27)19-28(34)31-30-18-23-16-21(2)33(22(23)3)26-9-7-8-24(29)17-26/h4-18H,19H2,1-3H3,(H,31,34)/b30-18+. The fourth-order valence-corrected chi connectivity index (χ4v) is 5.85. The van der Waals surface area contributed by atoms with Crippen LogP contribution < -0.4 is 9.73 Å². The maximum atomic E-state index is 13.4. The summed E-state index contributed by atoms with van der Waals surface area (Å²) in [5.41, 5.74) is 7.68. The van der Waals surface area contributed by atoms with E-state index in [9.17, 15) is 13.2 Å². The number of nitrogens with one attached hydrogen (secondary N) is 1. The number of anilines is 1. The van der Waals surface area contributed by atoms with Gasteiger partial charge in [-0.25, -0.2) is 13.8 Å². The highest BCUT2D eigenvalue weighted by atomic mass is 79.9. The van der Waals surface area contributed by atoms with Gasteiger partial charge in [0, 0.05) is 27.1 Å². The number of sulfonamides is 1. The zero-order valence-corrected chi connectivity index (χ0v) is 23.1. The molecule has 7 nitrogen and oxygen atoms in total. The van der Waals surface area contributed by atoms with Crippen molar-refractivity contribution in [2.75, 3.05) is 10.8 Å². The SMILES string of the molecule is Cc1ccc(N(CC(=O)N/N=C/c2cc(C)n(-c3cccc(Br)c3)c2C)S(=O)(=O)c2ccccc2)cc1. The molecule has 3 aromatic carbocycles. The minimum atomic E-state index is -3.97. The fraction of sp³-hybridized carbons (Fsp3) is 0.143. The van der Waals surface area contributed by atoms with E-state index in [1.165, 1.54) is 12.1 Å². The highest BCUT2D eigenvalue weighted by Crippen LogP contribution is 2.24. The molecule has 37 heavy (non-hydrogen) atoms. The first-order chi connectivity index (χ1) is 17.7. The maximum Gasteiger partial charge on any atom is 0.264 e. The molecule has 0 radical (unpaired) electrons. The maximum absolute atomic E-state index is 13.4. The van der Waals surface area contributed by atoms with Gasteiger partial charge in [0.1, 0.15) is 6.54 Å². The quantitative estimate of drug-likeness (QED) is 0.221. The van der Waals surface area contributed by atoms with Crippen LogP contribution in [0, 0.1) is 20.8 Å². The number of aryl methyl sites for hydroxylation is 2. The van der Waals surface area contributed by atoms with E-state index < -0.39 is 22.5 Å². The second-order valence-electron chi connectivity index (χ2n) is 8.60. The number of amides is 1. The second kappa shape index (κ2) is 11.1. The number of carbonyl (C=O) groups is 1. The van der Waals surface area contributed by atoms with Gasteiger partial charge >= 0.3 is 0 Å². The van der Waals surface area contributed by atoms with Crippen LogP contribution in [0.3, 0.4) is 0 Å². The third-order valence-electron chi connectivity index (χ3n) is 5.87. The summed E-state index contributed by atoms with van der Waals surface area (Å²) in [5.74, 6) is -0.558. The Balaban J connectivity index is 1.54. The van der Waals surface area contributed by atoms with E-state index in [1.807, 2.05) is 51.1 Å². The fourth-order valence-electron chi connectivity index (χ4n) is 4.02. The Kier molecular flexibility index (Phi) is 7.94. The Morgan fingerprint density at radius 3 is 2.35 bits per heavy atom. The van der Waals surface area contributed by atoms with Crippen LogP contribution in [0.5, 0.6) is 0 Å². The van der Waals surface area contributed by atoms with E-state index in [4.69, 9.17) is 0 Å². The number of rotatable bonds is 8. The summed E-state index contributed by atoms with van der Waals surface area (Å²) in [7, 11) is -3.97. The Hall–Kier alpha value is -3.69. The van der Waals surface area contributed by atoms with Crippen LogP contribution in [0.2, 0.25) is 0 Å². The van der Waals surface area contributed by atoms with Crippen LogP contribution in [0.1, 0.15) is 22.5 Å². The van der Waals surface area contributed by atoms with Crippen molar-refractivity contribution < 1.29 is 13.2 Å². The van der Waals surface area contributed by atoms with Crippen LogP contribution in [-0.2, 0) is 14.8 Å². The van der Waals surface area contributed by atoms with Crippen LogP contribution >= 0.6 is 15.9 Å². The molecular weight excluding hydrogens is 552 g/mol. The number of benzene rings is 3. The summed E-state index contributed by atoms with van der Waals surface area (Å²) in [4.78, 5) is 12.9. The third kappa shape index (κ3) is 6.00. The Bertz CT molecular complexity index is 1550. The second-order valence-corrected chi connectivity index (χ2v) is 11.4. The first-order valence-corrected chi connectivity index (χ1v) is 13.8. The molecule has 9 heteroatoms. The van der Waals surface area contributed by atoms with E-state index in [2.05, 4.69) is 31.0 Å². The van der Waals surface area contributed by atoms with Gasteiger partial charge in [-0.05, 0) is 69.3 Å². The van der Waals surface area contributed by atoms with Crippen LogP contribution in [-0.4, -0.2) is 31.7 Å². The van der Waals surface area contributed by atoms with E-state index >= 15 is 0 Å². The smallest absolute Gasteiger partial charge is 0.264 e. The number of hydrazone groups is 1. The molecular formula is C28H27BrN4O3S. The summed E-state index contributed by atoms with van der Waals surface area (Å²) in [6.07, 6.45) is 1.57. The molecule has 190 valence electrons. The molecule has 0 unspecified atom stereocenters. The molecule has 0 saturated heterocycles. The topological polar surface area (TPSA) is 83.8 Å². The average Bonchev–Trinajstić information content (AvgIpc) is 3.16. The minimum Gasteiger partial charge on any atom is -0.318 e. The van der Waals surface area contributed by atoms with Crippen molar-refractivity contribution in [3.8, 4) is 5.69 Å². The van der Waals surface area contributed by atoms with Gasteiger partial charge in [0.15, 0.2) is 0 Å². The lowest BCUT2D eigenvalue weighted by Crippen LogP contribution is -2.39. The van der Waals surface area contributed by atoms with Gasteiger partial charge in [0.25, 0.3) is 15.9 Å². The van der Waals surface area contributed by atoms with Crippen LogP contribution in [0.4, 0.5) is 5.69 Å². The zero-order chi connectivity index (χ0) is 26.6. The van der Waals surface area contributed by atoms with Crippen molar-refractivity contribution >= 4 is 43.8 Å². The molecule has 0 aliphatic carbocycles. The zero-order valence-electron chi connectivity index (χ0n) is 20.7. The minimum absolute atomic E-state index is 0.104. The first-order valence-electron chi connectivity index (χ1n) is 11.6. The van der Waals surface area contributed by atoms with Gasteiger partial charge in [-0.15, -0.1) is 0 Å². The molecule has 1 amide bonds. The molecule has 4 aromatic rings. The first kappa shape index (κ1) is 26.4. The van der Waals surface area contributed by atoms with Crippen molar-refractivity contribution in [3.63, 3.8) is 0 Å². The number of carbonyl (C=O) groups excluding carboxylic acids is 1. The molecule has 0 aliphatic rings.